The van der Waals surface area contributed by atoms with Gasteiger partial charge in [0, 0.05) is 43.0 Å². The highest BCUT2D eigenvalue weighted by atomic mass is 16.6. The van der Waals surface area contributed by atoms with Crippen LogP contribution in [0.15, 0.2) is 48.8 Å². The molecule has 0 saturated carbocycles. The van der Waals surface area contributed by atoms with Crippen molar-refractivity contribution in [3.63, 3.8) is 0 Å². The number of imidazole rings is 1. The van der Waals surface area contributed by atoms with E-state index >= 15 is 0 Å². The Kier molecular flexibility index (Phi) is 7.17. The molecule has 0 amide bonds. The summed E-state index contributed by atoms with van der Waals surface area (Å²) in [6.07, 6.45) is 5.80. The fourth-order valence-electron chi connectivity index (χ4n) is 4.64. The zero-order valence-electron chi connectivity index (χ0n) is 20.0. The molecule has 0 radical (unpaired) electrons. The van der Waals surface area contributed by atoms with Crippen LogP contribution in [0.25, 0.3) is 0 Å². The Hall–Kier alpha value is -3.39. The Morgan fingerprint density at radius 1 is 1.18 bits per heavy atom. The average molecular weight is 465 g/mol. The standard InChI is InChI=1S/C26H32N4O4/c1-18(2)20-6-4-19(5-7-20)16-29-13-10-27-26(29)21-8-11-28(12-9-21)17-22-14-23(30(32)33)15-24(34-3)25(22)31/h4-7,10,13-15,18,21,31H,8-9,11-12,16-17H2,1-3H3. The van der Waals surface area contributed by atoms with Crippen molar-refractivity contribution in [1.29, 1.82) is 0 Å². The third-order valence-electron chi connectivity index (χ3n) is 6.66. The molecule has 0 aliphatic carbocycles. The Labute approximate surface area is 200 Å². The number of rotatable bonds is 8. The van der Waals surface area contributed by atoms with Crippen LogP contribution in [-0.4, -0.2) is 44.7 Å². The second-order valence-electron chi connectivity index (χ2n) is 9.27. The van der Waals surface area contributed by atoms with Gasteiger partial charge in [0.05, 0.1) is 18.1 Å². The topological polar surface area (TPSA) is 93.7 Å². The van der Waals surface area contributed by atoms with Gasteiger partial charge in [-0.2, -0.15) is 0 Å². The number of likely N-dealkylation sites (tertiary alicyclic amines) is 1. The fourth-order valence-corrected chi connectivity index (χ4v) is 4.64. The Morgan fingerprint density at radius 2 is 1.88 bits per heavy atom. The molecule has 0 spiro atoms. The molecular weight excluding hydrogens is 432 g/mol. The van der Waals surface area contributed by atoms with E-state index in [1.165, 1.54) is 30.4 Å². The lowest BCUT2D eigenvalue weighted by Gasteiger charge is -2.32. The van der Waals surface area contributed by atoms with E-state index in [0.717, 1.165) is 38.3 Å². The highest BCUT2D eigenvalue weighted by molar-refractivity contribution is 5.53. The summed E-state index contributed by atoms with van der Waals surface area (Å²) in [5, 5.41) is 21.7. The number of non-ortho nitro benzene ring substituents is 1. The average Bonchev–Trinajstić information content (AvgIpc) is 3.29. The van der Waals surface area contributed by atoms with Gasteiger partial charge in [-0.05, 0) is 43.0 Å². The van der Waals surface area contributed by atoms with Crippen molar-refractivity contribution in [2.45, 2.75) is 51.6 Å². The number of hydrogen-bond acceptors (Lipinski definition) is 6. The normalized spacial score (nSPS) is 15.1. The number of phenols is 1. The first-order valence-electron chi connectivity index (χ1n) is 11.7. The SMILES string of the molecule is COc1cc([N+](=O)[O-])cc(CN2CCC(c3nccn3Cc3ccc(C(C)C)cc3)CC2)c1O. The van der Waals surface area contributed by atoms with Gasteiger partial charge in [-0.1, -0.05) is 38.1 Å². The maximum absolute atomic E-state index is 11.3. The van der Waals surface area contributed by atoms with Crippen LogP contribution < -0.4 is 4.74 Å². The number of methoxy groups -OCH3 is 1. The number of nitro benzene ring substituents is 1. The molecule has 1 aromatic heterocycles. The van der Waals surface area contributed by atoms with Crippen LogP contribution in [0, 0.1) is 10.1 Å². The summed E-state index contributed by atoms with van der Waals surface area (Å²) < 4.78 is 7.37. The zero-order chi connectivity index (χ0) is 24.2. The third kappa shape index (κ3) is 5.22. The minimum Gasteiger partial charge on any atom is -0.504 e. The van der Waals surface area contributed by atoms with Crippen molar-refractivity contribution in [2.24, 2.45) is 0 Å². The molecule has 1 aliphatic heterocycles. The molecule has 3 aromatic rings. The second kappa shape index (κ2) is 10.3. The Balaban J connectivity index is 1.40. The van der Waals surface area contributed by atoms with Crippen LogP contribution >= 0.6 is 0 Å². The molecule has 1 fully saturated rings. The van der Waals surface area contributed by atoms with Crippen molar-refractivity contribution in [2.75, 3.05) is 20.2 Å². The molecule has 8 heteroatoms. The molecular formula is C26H32N4O4. The highest BCUT2D eigenvalue weighted by Crippen LogP contribution is 2.36. The van der Waals surface area contributed by atoms with Gasteiger partial charge < -0.3 is 14.4 Å². The van der Waals surface area contributed by atoms with Crippen molar-refractivity contribution in [3.8, 4) is 11.5 Å². The van der Waals surface area contributed by atoms with Crippen molar-refractivity contribution >= 4 is 5.69 Å². The monoisotopic (exact) mass is 464 g/mol. The van der Waals surface area contributed by atoms with Crippen molar-refractivity contribution < 1.29 is 14.8 Å². The number of nitrogens with zero attached hydrogens (tertiary/aromatic N) is 4. The van der Waals surface area contributed by atoms with Crippen LogP contribution in [0.5, 0.6) is 11.5 Å². The van der Waals surface area contributed by atoms with Gasteiger partial charge in [-0.25, -0.2) is 4.98 Å². The first kappa shape index (κ1) is 23.8. The first-order chi connectivity index (χ1) is 16.4. The van der Waals surface area contributed by atoms with Gasteiger partial charge >= 0.3 is 0 Å². The molecule has 0 unspecified atom stereocenters. The number of piperidine rings is 1. The van der Waals surface area contributed by atoms with E-state index in [0.29, 0.717) is 23.9 Å². The summed E-state index contributed by atoms with van der Waals surface area (Å²) in [5.41, 5.74) is 3.03. The number of benzene rings is 2. The lowest BCUT2D eigenvalue weighted by molar-refractivity contribution is -0.385. The lowest BCUT2D eigenvalue weighted by atomic mass is 9.95. The number of phenolic OH excluding ortho intramolecular Hbond substituents is 1. The predicted molar refractivity (Wildman–Crippen MR) is 130 cm³/mol. The van der Waals surface area contributed by atoms with E-state index in [9.17, 15) is 15.2 Å². The predicted octanol–water partition coefficient (Wildman–Crippen LogP) is 5.06. The smallest absolute Gasteiger partial charge is 0.273 e. The molecule has 1 saturated heterocycles. The van der Waals surface area contributed by atoms with Crippen LogP contribution in [0.1, 0.15) is 61.0 Å². The largest absolute Gasteiger partial charge is 0.504 e. The van der Waals surface area contributed by atoms with E-state index in [4.69, 9.17) is 4.74 Å². The summed E-state index contributed by atoms with van der Waals surface area (Å²) in [4.78, 5) is 17.7. The number of ether oxygens (including phenoxy) is 1. The van der Waals surface area contributed by atoms with E-state index in [2.05, 4.69) is 52.6 Å². The summed E-state index contributed by atoms with van der Waals surface area (Å²) in [5.74, 6) is 2.08. The fraction of sp³-hybridized carbons (Fsp3) is 0.423. The van der Waals surface area contributed by atoms with Gasteiger partial charge in [-0.15, -0.1) is 0 Å². The Bertz CT molecular complexity index is 1130. The summed E-state index contributed by atoms with van der Waals surface area (Å²) in [7, 11) is 1.40. The van der Waals surface area contributed by atoms with Crippen LogP contribution in [0.3, 0.4) is 0 Å². The van der Waals surface area contributed by atoms with Gasteiger partial charge in [0.15, 0.2) is 11.5 Å². The minimum atomic E-state index is -0.464. The third-order valence-corrected chi connectivity index (χ3v) is 6.66. The Morgan fingerprint density at radius 3 is 2.50 bits per heavy atom. The van der Waals surface area contributed by atoms with E-state index in [-0.39, 0.29) is 17.2 Å². The molecule has 2 aromatic carbocycles. The number of nitro groups is 1. The van der Waals surface area contributed by atoms with Gasteiger partial charge in [0.2, 0.25) is 0 Å². The van der Waals surface area contributed by atoms with Crippen LogP contribution in [0.2, 0.25) is 0 Å². The summed E-state index contributed by atoms with van der Waals surface area (Å²) >= 11 is 0. The van der Waals surface area contributed by atoms with Crippen molar-refractivity contribution in [1.82, 2.24) is 14.5 Å². The molecule has 0 atom stereocenters. The summed E-state index contributed by atoms with van der Waals surface area (Å²) in [6.45, 7) is 7.29. The van der Waals surface area contributed by atoms with Gasteiger partial charge in [0.1, 0.15) is 5.82 Å². The number of aromatic nitrogens is 2. The lowest BCUT2D eigenvalue weighted by Crippen LogP contribution is -2.33. The second-order valence-corrected chi connectivity index (χ2v) is 9.27. The molecule has 4 rings (SSSR count). The van der Waals surface area contributed by atoms with Gasteiger partial charge in [-0.3, -0.25) is 15.0 Å². The van der Waals surface area contributed by atoms with E-state index in [1.807, 2.05) is 12.4 Å². The van der Waals surface area contributed by atoms with E-state index in [1.54, 1.807) is 0 Å². The molecule has 1 N–H and O–H groups in total. The number of hydrogen-bond donors (Lipinski definition) is 1. The molecule has 180 valence electrons. The molecule has 0 bridgehead atoms. The first-order valence-corrected chi connectivity index (χ1v) is 11.7. The van der Waals surface area contributed by atoms with E-state index < -0.39 is 4.92 Å². The molecule has 1 aliphatic rings. The zero-order valence-corrected chi connectivity index (χ0v) is 20.0. The number of aromatic hydroxyl groups is 1. The highest BCUT2D eigenvalue weighted by Gasteiger charge is 2.26. The maximum Gasteiger partial charge on any atom is 0.273 e. The van der Waals surface area contributed by atoms with Gasteiger partial charge in [0.25, 0.3) is 5.69 Å². The minimum absolute atomic E-state index is 0.0331. The van der Waals surface area contributed by atoms with Crippen LogP contribution in [-0.2, 0) is 13.1 Å². The summed E-state index contributed by atoms with van der Waals surface area (Å²) in [6, 6.07) is 11.5. The maximum atomic E-state index is 11.3. The molecule has 2 heterocycles. The van der Waals surface area contributed by atoms with Crippen molar-refractivity contribution in [3.05, 3.63) is 81.4 Å². The van der Waals surface area contributed by atoms with Crippen LogP contribution in [0.4, 0.5) is 5.69 Å². The molecule has 8 nitrogen and oxygen atoms in total. The quantitative estimate of drug-likeness (QED) is 0.370. The molecule has 34 heavy (non-hydrogen) atoms.